The first-order chi connectivity index (χ1) is 6.24. The number of hydrogen-bond acceptors (Lipinski definition) is 2. The van der Waals surface area contributed by atoms with Gasteiger partial charge in [0.2, 0.25) is 0 Å². The van der Waals surface area contributed by atoms with Crippen LogP contribution in [-0.4, -0.2) is 16.7 Å². The van der Waals surface area contributed by atoms with E-state index < -0.39 is 0 Å². The van der Waals surface area contributed by atoms with Crippen molar-refractivity contribution >= 4 is 17.7 Å². The van der Waals surface area contributed by atoms with Crippen molar-refractivity contribution in [1.82, 2.24) is 4.98 Å². The Morgan fingerprint density at radius 3 is 3.00 bits per heavy atom. The van der Waals surface area contributed by atoms with Gasteiger partial charge in [0.25, 0.3) is 0 Å². The highest BCUT2D eigenvalue weighted by atomic mass is 35.5. The monoisotopic (exact) mass is 197 g/mol. The molecule has 0 spiro atoms. The van der Waals surface area contributed by atoms with Gasteiger partial charge >= 0.3 is 0 Å². The quantitative estimate of drug-likeness (QED) is 0.756. The SMILES string of the molecule is Cc1cc(Cl)ncc1C=CCCO. The molecule has 0 fully saturated rings. The van der Waals surface area contributed by atoms with Gasteiger partial charge in [-0.1, -0.05) is 23.8 Å². The normalized spacial score (nSPS) is 11.0. The van der Waals surface area contributed by atoms with E-state index in [-0.39, 0.29) is 6.61 Å². The molecule has 1 heterocycles. The van der Waals surface area contributed by atoms with Crippen molar-refractivity contribution in [2.24, 2.45) is 0 Å². The highest BCUT2D eigenvalue weighted by Crippen LogP contribution is 2.13. The Labute approximate surface area is 82.9 Å². The minimum atomic E-state index is 0.177. The summed E-state index contributed by atoms with van der Waals surface area (Å²) in [5, 5.41) is 9.08. The molecule has 1 rings (SSSR count). The molecule has 0 amide bonds. The average molecular weight is 198 g/mol. The zero-order valence-electron chi connectivity index (χ0n) is 7.50. The summed E-state index contributed by atoms with van der Waals surface area (Å²) in [6, 6.07) is 1.82. The topological polar surface area (TPSA) is 33.1 Å². The average Bonchev–Trinajstić information content (AvgIpc) is 2.09. The van der Waals surface area contributed by atoms with E-state index in [1.165, 1.54) is 0 Å². The third-order valence-corrected chi connectivity index (χ3v) is 1.92. The summed E-state index contributed by atoms with van der Waals surface area (Å²) < 4.78 is 0. The van der Waals surface area contributed by atoms with Gasteiger partial charge in [-0.25, -0.2) is 4.98 Å². The highest BCUT2D eigenvalue weighted by Gasteiger charge is 1.95. The molecule has 0 aliphatic carbocycles. The summed E-state index contributed by atoms with van der Waals surface area (Å²) >= 11 is 5.70. The second-order valence-electron chi connectivity index (χ2n) is 2.78. The fraction of sp³-hybridized carbons (Fsp3) is 0.300. The molecule has 0 saturated heterocycles. The molecule has 1 N–H and O–H groups in total. The molecule has 2 nitrogen and oxygen atoms in total. The van der Waals surface area contributed by atoms with E-state index in [1.807, 2.05) is 25.1 Å². The molecule has 13 heavy (non-hydrogen) atoms. The number of halogens is 1. The van der Waals surface area contributed by atoms with E-state index in [2.05, 4.69) is 4.98 Å². The number of aromatic nitrogens is 1. The van der Waals surface area contributed by atoms with Crippen LogP contribution in [0.5, 0.6) is 0 Å². The second-order valence-corrected chi connectivity index (χ2v) is 3.17. The maximum absolute atomic E-state index is 8.57. The van der Waals surface area contributed by atoms with Crippen LogP contribution in [0.1, 0.15) is 17.5 Å². The van der Waals surface area contributed by atoms with Crippen molar-refractivity contribution in [1.29, 1.82) is 0 Å². The zero-order valence-corrected chi connectivity index (χ0v) is 8.25. The van der Waals surface area contributed by atoms with Crippen LogP contribution in [0.25, 0.3) is 6.08 Å². The summed E-state index contributed by atoms with van der Waals surface area (Å²) in [5.74, 6) is 0. The van der Waals surface area contributed by atoms with E-state index in [0.29, 0.717) is 11.6 Å². The lowest BCUT2D eigenvalue weighted by Crippen LogP contribution is -1.84. The van der Waals surface area contributed by atoms with Gasteiger partial charge in [0, 0.05) is 12.8 Å². The van der Waals surface area contributed by atoms with Crippen molar-refractivity contribution < 1.29 is 5.11 Å². The Bertz CT molecular complexity index is 310. The summed E-state index contributed by atoms with van der Waals surface area (Å²) in [6.07, 6.45) is 6.25. The number of aliphatic hydroxyl groups excluding tert-OH is 1. The van der Waals surface area contributed by atoms with Crippen LogP contribution in [0.4, 0.5) is 0 Å². The first kappa shape index (κ1) is 10.2. The first-order valence-corrected chi connectivity index (χ1v) is 4.51. The fourth-order valence-corrected chi connectivity index (χ4v) is 1.20. The molecular formula is C10H12ClNO. The number of nitrogens with zero attached hydrogens (tertiary/aromatic N) is 1. The Morgan fingerprint density at radius 1 is 1.62 bits per heavy atom. The minimum Gasteiger partial charge on any atom is -0.396 e. The molecule has 0 aromatic carbocycles. The van der Waals surface area contributed by atoms with Gasteiger partial charge in [-0.15, -0.1) is 0 Å². The molecular weight excluding hydrogens is 186 g/mol. The third kappa shape index (κ3) is 3.17. The predicted octanol–water partition coefficient (Wildman–Crippen LogP) is 2.44. The van der Waals surface area contributed by atoms with Crippen LogP contribution in [0.2, 0.25) is 5.15 Å². The number of hydrogen-bond donors (Lipinski definition) is 1. The van der Waals surface area contributed by atoms with Crippen LogP contribution in [-0.2, 0) is 0 Å². The second kappa shape index (κ2) is 5.00. The number of rotatable bonds is 3. The van der Waals surface area contributed by atoms with Gasteiger partial charge < -0.3 is 5.11 Å². The molecule has 0 saturated carbocycles. The van der Waals surface area contributed by atoms with Gasteiger partial charge in [0.05, 0.1) is 0 Å². The lowest BCUT2D eigenvalue weighted by molar-refractivity contribution is 0.303. The zero-order chi connectivity index (χ0) is 9.68. The van der Waals surface area contributed by atoms with Crippen LogP contribution in [0, 0.1) is 6.92 Å². The predicted molar refractivity (Wildman–Crippen MR) is 54.7 cm³/mol. The smallest absolute Gasteiger partial charge is 0.129 e. The molecule has 1 aromatic rings. The van der Waals surface area contributed by atoms with Crippen molar-refractivity contribution in [2.45, 2.75) is 13.3 Å². The van der Waals surface area contributed by atoms with Crippen LogP contribution in [0.3, 0.4) is 0 Å². The summed E-state index contributed by atoms with van der Waals surface area (Å²) in [6.45, 7) is 2.16. The van der Waals surface area contributed by atoms with Crippen LogP contribution >= 0.6 is 11.6 Å². The molecule has 3 heteroatoms. The van der Waals surface area contributed by atoms with E-state index in [4.69, 9.17) is 16.7 Å². The van der Waals surface area contributed by atoms with E-state index in [1.54, 1.807) is 6.20 Å². The van der Waals surface area contributed by atoms with Crippen LogP contribution in [0.15, 0.2) is 18.3 Å². The lowest BCUT2D eigenvalue weighted by atomic mass is 10.1. The van der Waals surface area contributed by atoms with Crippen molar-refractivity contribution in [3.05, 3.63) is 34.6 Å². The van der Waals surface area contributed by atoms with Crippen molar-refractivity contribution in [3.63, 3.8) is 0 Å². The molecule has 0 unspecified atom stereocenters. The van der Waals surface area contributed by atoms with Gasteiger partial charge in [-0.05, 0) is 30.5 Å². The van der Waals surface area contributed by atoms with Crippen molar-refractivity contribution in [3.8, 4) is 0 Å². The van der Waals surface area contributed by atoms with Crippen molar-refractivity contribution in [2.75, 3.05) is 6.61 Å². The molecule has 0 aliphatic rings. The van der Waals surface area contributed by atoms with Gasteiger partial charge in [0.15, 0.2) is 0 Å². The molecule has 0 bridgehead atoms. The molecule has 0 aliphatic heterocycles. The van der Waals surface area contributed by atoms with Gasteiger partial charge in [0.1, 0.15) is 5.15 Å². The van der Waals surface area contributed by atoms with E-state index in [9.17, 15) is 0 Å². The minimum absolute atomic E-state index is 0.177. The molecule has 70 valence electrons. The Hall–Kier alpha value is -0.860. The maximum atomic E-state index is 8.57. The van der Waals surface area contributed by atoms with Gasteiger partial charge in [-0.2, -0.15) is 0 Å². The lowest BCUT2D eigenvalue weighted by Gasteiger charge is -1.98. The Balaban J connectivity index is 2.77. The maximum Gasteiger partial charge on any atom is 0.129 e. The Kier molecular flexibility index (Phi) is 3.93. The number of aryl methyl sites for hydroxylation is 1. The molecule has 0 radical (unpaired) electrons. The summed E-state index contributed by atoms with van der Waals surface area (Å²) in [5.41, 5.74) is 2.13. The van der Waals surface area contributed by atoms with E-state index in [0.717, 1.165) is 11.1 Å². The standard InChI is InChI=1S/C10H12ClNO/c1-8-6-10(11)12-7-9(8)4-2-3-5-13/h2,4,6-7,13H,3,5H2,1H3. The third-order valence-electron chi connectivity index (χ3n) is 1.71. The first-order valence-electron chi connectivity index (χ1n) is 4.13. The molecule has 1 aromatic heterocycles. The fourth-order valence-electron chi connectivity index (χ4n) is 0.992. The summed E-state index contributed by atoms with van der Waals surface area (Å²) in [7, 11) is 0. The Morgan fingerprint density at radius 2 is 2.38 bits per heavy atom. The summed E-state index contributed by atoms with van der Waals surface area (Å²) in [4.78, 5) is 3.97. The van der Waals surface area contributed by atoms with Gasteiger partial charge in [-0.3, -0.25) is 0 Å². The highest BCUT2D eigenvalue weighted by molar-refractivity contribution is 6.29. The number of pyridine rings is 1. The molecule has 0 atom stereocenters. The number of aliphatic hydroxyl groups is 1. The largest absolute Gasteiger partial charge is 0.396 e. The van der Waals surface area contributed by atoms with E-state index >= 15 is 0 Å². The van der Waals surface area contributed by atoms with Crippen LogP contribution < -0.4 is 0 Å².